The van der Waals surface area contributed by atoms with Crippen LogP contribution in [-0.2, 0) is 10.0 Å². The third-order valence-corrected chi connectivity index (χ3v) is 4.60. The molecular formula is C15H17FN2O2S. The number of anilines is 1. The Bertz CT molecular complexity index is 715. The summed E-state index contributed by atoms with van der Waals surface area (Å²) in [6.45, 7) is 1.91. The van der Waals surface area contributed by atoms with Gasteiger partial charge in [-0.25, -0.2) is 17.5 Å². The Labute approximate surface area is 124 Å². The van der Waals surface area contributed by atoms with Crippen LogP contribution in [0.15, 0.2) is 53.4 Å². The van der Waals surface area contributed by atoms with Crippen molar-refractivity contribution in [2.45, 2.75) is 17.9 Å². The van der Waals surface area contributed by atoms with Gasteiger partial charge in [-0.3, -0.25) is 0 Å². The second-order valence-corrected chi connectivity index (χ2v) is 6.54. The predicted octanol–water partition coefficient (Wildman–Crippen LogP) is 2.91. The van der Waals surface area contributed by atoms with Gasteiger partial charge in [0, 0.05) is 11.7 Å². The number of rotatable bonds is 5. The molecule has 112 valence electrons. The maximum atomic E-state index is 13.2. The highest BCUT2D eigenvalue weighted by Crippen LogP contribution is 2.21. The van der Waals surface area contributed by atoms with Gasteiger partial charge < -0.3 is 5.32 Å². The maximum absolute atomic E-state index is 13.2. The van der Waals surface area contributed by atoms with E-state index in [4.69, 9.17) is 0 Å². The first-order valence-corrected chi connectivity index (χ1v) is 7.96. The van der Waals surface area contributed by atoms with Crippen LogP contribution in [0.25, 0.3) is 0 Å². The fraction of sp³-hybridized carbons (Fsp3) is 0.200. The Morgan fingerprint density at radius 1 is 1.10 bits per heavy atom. The average molecular weight is 308 g/mol. The summed E-state index contributed by atoms with van der Waals surface area (Å²) in [4.78, 5) is 0.203. The zero-order chi connectivity index (χ0) is 15.5. The molecule has 1 atom stereocenters. The molecule has 4 nitrogen and oxygen atoms in total. The van der Waals surface area contributed by atoms with Crippen LogP contribution in [0.4, 0.5) is 10.1 Å². The largest absolute Gasteiger partial charge is 0.379 e. The molecule has 0 aliphatic carbocycles. The zero-order valence-corrected chi connectivity index (χ0v) is 12.6. The van der Waals surface area contributed by atoms with Crippen LogP contribution in [0.2, 0.25) is 0 Å². The first-order chi connectivity index (χ1) is 9.92. The van der Waals surface area contributed by atoms with Crippen LogP contribution < -0.4 is 10.0 Å². The van der Waals surface area contributed by atoms with Crippen LogP contribution >= 0.6 is 0 Å². The first kappa shape index (κ1) is 15.5. The molecule has 0 radical (unpaired) electrons. The lowest BCUT2D eigenvalue weighted by molar-refractivity contribution is 0.588. The predicted molar refractivity (Wildman–Crippen MR) is 81.1 cm³/mol. The van der Waals surface area contributed by atoms with Crippen molar-refractivity contribution < 1.29 is 12.8 Å². The van der Waals surface area contributed by atoms with Crippen LogP contribution in [0, 0.1) is 5.82 Å². The molecule has 21 heavy (non-hydrogen) atoms. The monoisotopic (exact) mass is 308 g/mol. The minimum Gasteiger partial charge on any atom is -0.379 e. The minimum atomic E-state index is -3.43. The topological polar surface area (TPSA) is 58.2 Å². The van der Waals surface area contributed by atoms with E-state index < -0.39 is 10.0 Å². The van der Waals surface area contributed by atoms with E-state index in [0.29, 0.717) is 0 Å². The van der Waals surface area contributed by atoms with Gasteiger partial charge in [-0.2, -0.15) is 0 Å². The fourth-order valence-corrected chi connectivity index (χ4v) is 2.69. The van der Waals surface area contributed by atoms with Gasteiger partial charge in [0.15, 0.2) is 0 Å². The van der Waals surface area contributed by atoms with Crippen molar-refractivity contribution >= 4 is 15.7 Å². The van der Waals surface area contributed by atoms with Crippen molar-refractivity contribution in [3.8, 4) is 0 Å². The first-order valence-electron chi connectivity index (χ1n) is 6.48. The molecule has 2 rings (SSSR count). The third kappa shape index (κ3) is 3.80. The quantitative estimate of drug-likeness (QED) is 0.893. The molecule has 2 aromatic rings. The molecular weight excluding hydrogens is 291 g/mol. The molecule has 0 aliphatic rings. The average Bonchev–Trinajstić information content (AvgIpc) is 2.48. The highest BCUT2D eigenvalue weighted by Gasteiger charge is 2.11. The van der Waals surface area contributed by atoms with Gasteiger partial charge >= 0.3 is 0 Å². The smallest absolute Gasteiger partial charge is 0.240 e. The van der Waals surface area contributed by atoms with E-state index in [-0.39, 0.29) is 16.8 Å². The lowest BCUT2D eigenvalue weighted by atomic mass is 10.1. The van der Waals surface area contributed by atoms with E-state index in [1.807, 2.05) is 13.0 Å². The summed E-state index contributed by atoms with van der Waals surface area (Å²) in [5, 5.41) is 3.20. The van der Waals surface area contributed by atoms with E-state index in [1.54, 1.807) is 18.2 Å². The summed E-state index contributed by atoms with van der Waals surface area (Å²) in [7, 11) is -2.06. The molecule has 0 aromatic heterocycles. The Hall–Kier alpha value is -1.92. The Balaban J connectivity index is 2.14. The number of sulfonamides is 1. The van der Waals surface area contributed by atoms with Crippen molar-refractivity contribution in [3.63, 3.8) is 0 Å². The summed E-state index contributed by atoms with van der Waals surface area (Å²) in [5.74, 6) is -0.281. The lowest BCUT2D eigenvalue weighted by Crippen LogP contribution is -2.18. The molecule has 0 bridgehead atoms. The number of hydrogen-bond acceptors (Lipinski definition) is 3. The molecule has 0 aliphatic heterocycles. The zero-order valence-electron chi connectivity index (χ0n) is 11.8. The molecule has 0 heterocycles. The highest BCUT2D eigenvalue weighted by molar-refractivity contribution is 7.89. The summed E-state index contributed by atoms with van der Waals surface area (Å²) in [5.41, 5.74) is 1.59. The van der Waals surface area contributed by atoms with Crippen molar-refractivity contribution in [2.24, 2.45) is 0 Å². The van der Waals surface area contributed by atoms with E-state index >= 15 is 0 Å². The Morgan fingerprint density at radius 2 is 1.76 bits per heavy atom. The van der Waals surface area contributed by atoms with Crippen LogP contribution in [0.3, 0.4) is 0 Å². The Morgan fingerprint density at radius 3 is 2.33 bits per heavy atom. The summed E-state index contributed by atoms with van der Waals surface area (Å²) >= 11 is 0. The van der Waals surface area contributed by atoms with E-state index in [2.05, 4.69) is 10.0 Å². The number of hydrogen-bond donors (Lipinski definition) is 2. The second kappa shape index (κ2) is 6.24. The molecule has 0 fully saturated rings. The molecule has 0 amide bonds. The van der Waals surface area contributed by atoms with Gasteiger partial charge in [0.25, 0.3) is 0 Å². The van der Waals surface area contributed by atoms with Gasteiger partial charge in [0.2, 0.25) is 10.0 Å². The maximum Gasteiger partial charge on any atom is 0.240 e. The van der Waals surface area contributed by atoms with Crippen LogP contribution in [0.1, 0.15) is 18.5 Å². The van der Waals surface area contributed by atoms with E-state index in [1.165, 1.54) is 31.3 Å². The van der Waals surface area contributed by atoms with E-state index in [9.17, 15) is 12.8 Å². The van der Waals surface area contributed by atoms with Crippen molar-refractivity contribution in [1.82, 2.24) is 4.72 Å². The second-order valence-electron chi connectivity index (χ2n) is 4.65. The van der Waals surface area contributed by atoms with Crippen molar-refractivity contribution in [3.05, 3.63) is 59.9 Å². The van der Waals surface area contributed by atoms with Crippen LogP contribution in [0.5, 0.6) is 0 Å². The molecule has 0 saturated heterocycles. The van der Waals surface area contributed by atoms with Crippen LogP contribution in [-0.4, -0.2) is 15.5 Å². The number of benzene rings is 2. The molecule has 0 saturated carbocycles. The molecule has 6 heteroatoms. The molecule has 2 N–H and O–H groups in total. The minimum absolute atomic E-state index is 0.0903. The molecule has 2 aromatic carbocycles. The van der Waals surface area contributed by atoms with Gasteiger partial charge in [0.05, 0.1) is 4.90 Å². The number of halogens is 1. The third-order valence-electron chi connectivity index (χ3n) is 3.17. The summed E-state index contributed by atoms with van der Waals surface area (Å²) in [6, 6.07) is 12.7. The fourth-order valence-electron chi connectivity index (χ4n) is 1.96. The van der Waals surface area contributed by atoms with Gasteiger partial charge in [-0.05, 0) is 55.9 Å². The van der Waals surface area contributed by atoms with Crippen molar-refractivity contribution in [2.75, 3.05) is 12.4 Å². The van der Waals surface area contributed by atoms with Crippen molar-refractivity contribution in [1.29, 1.82) is 0 Å². The van der Waals surface area contributed by atoms with E-state index in [0.717, 1.165) is 11.3 Å². The number of nitrogens with one attached hydrogen (secondary N) is 2. The SMILES string of the molecule is CNS(=O)(=O)c1ccc(NC(C)c2cccc(F)c2)cc1. The normalized spacial score (nSPS) is 12.9. The summed E-state index contributed by atoms with van der Waals surface area (Å²) in [6.07, 6.45) is 0. The molecule has 0 spiro atoms. The molecule has 1 unspecified atom stereocenters. The van der Waals surface area contributed by atoms with Gasteiger partial charge in [0.1, 0.15) is 5.82 Å². The van der Waals surface area contributed by atoms with Gasteiger partial charge in [-0.15, -0.1) is 0 Å². The summed E-state index contributed by atoms with van der Waals surface area (Å²) < 4.78 is 38.7. The standard InChI is InChI=1S/C15H17FN2O2S/c1-11(12-4-3-5-13(16)10-12)18-14-6-8-15(9-7-14)21(19,20)17-2/h3-11,17-18H,1-2H3. The Kier molecular flexibility index (Phi) is 4.59. The van der Waals surface area contributed by atoms with Gasteiger partial charge in [-0.1, -0.05) is 12.1 Å². The lowest BCUT2D eigenvalue weighted by Gasteiger charge is -2.16. The highest BCUT2D eigenvalue weighted by atomic mass is 32.2.